The first-order valence-corrected chi connectivity index (χ1v) is 5.10. The molecule has 0 aliphatic rings. The molecule has 1 aromatic heterocycles. The smallest absolute Gasteiger partial charge is 0.328 e. The lowest BCUT2D eigenvalue weighted by Gasteiger charge is -1.91. The minimum atomic E-state index is -0.962. The highest BCUT2D eigenvalue weighted by atomic mass is 16.4. The molecule has 0 atom stereocenters. The summed E-state index contributed by atoms with van der Waals surface area (Å²) in [6.45, 7) is 1.80. The zero-order chi connectivity index (χ0) is 12.3. The molecule has 0 aliphatic carbocycles. The van der Waals surface area contributed by atoms with Gasteiger partial charge in [-0.05, 0) is 17.7 Å². The fraction of sp³-hybridized carbons (Fsp3) is 0.0769. The molecule has 1 N–H and O–H groups in total. The lowest BCUT2D eigenvalue weighted by Crippen LogP contribution is -1.84. The summed E-state index contributed by atoms with van der Waals surface area (Å²) in [7, 11) is 0. The van der Waals surface area contributed by atoms with E-state index in [-0.39, 0.29) is 0 Å². The number of aromatic nitrogens is 1. The van der Waals surface area contributed by atoms with Crippen LogP contribution in [0.1, 0.15) is 11.5 Å². The number of nitrogens with zero attached hydrogens (tertiary/aromatic N) is 1. The first-order chi connectivity index (χ1) is 8.15. The molecular weight excluding hydrogens is 218 g/mol. The summed E-state index contributed by atoms with van der Waals surface area (Å²) in [6, 6.07) is 5.63. The summed E-state index contributed by atoms with van der Waals surface area (Å²) in [4.78, 5) is 14.4. The average Bonchev–Trinajstić information content (AvgIpc) is 2.63. The van der Waals surface area contributed by atoms with Crippen molar-refractivity contribution in [2.24, 2.45) is 0 Å². The van der Waals surface area contributed by atoms with Gasteiger partial charge in [0, 0.05) is 13.0 Å². The third-order valence-corrected chi connectivity index (χ3v) is 2.16. The zero-order valence-electron chi connectivity index (χ0n) is 9.25. The summed E-state index contributed by atoms with van der Waals surface area (Å²) in [5.74, 6) is -0.331. The largest absolute Gasteiger partial charge is 0.478 e. The van der Waals surface area contributed by atoms with Crippen LogP contribution in [-0.2, 0) is 4.79 Å². The second-order valence-corrected chi connectivity index (χ2v) is 3.52. The van der Waals surface area contributed by atoms with Crippen molar-refractivity contribution in [1.82, 2.24) is 4.98 Å². The number of hydrogen-bond donors (Lipinski definition) is 1. The Balaban J connectivity index is 2.21. The summed E-state index contributed by atoms with van der Waals surface area (Å²) in [5, 5.41) is 8.41. The van der Waals surface area contributed by atoms with Crippen molar-refractivity contribution in [3.63, 3.8) is 0 Å². The molecule has 0 amide bonds. The van der Waals surface area contributed by atoms with E-state index >= 15 is 0 Å². The topological polar surface area (TPSA) is 63.3 Å². The highest BCUT2D eigenvalue weighted by Crippen LogP contribution is 2.17. The van der Waals surface area contributed by atoms with Gasteiger partial charge in [0.2, 0.25) is 0 Å². The number of benzene rings is 1. The normalized spacial score (nSPS) is 11.8. The molecule has 0 saturated heterocycles. The molecule has 0 spiro atoms. The van der Waals surface area contributed by atoms with E-state index < -0.39 is 5.97 Å². The molecule has 0 radical (unpaired) electrons. The lowest BCUT2D eigenvalue weighted by molar-refractivity contribution is -0.131. The summed E-state index contributed by atoms with van der Waals surface area (Å²) in [5.41, 5.74) is 2.48. The van der Waals surface area contributed by atoms with Gasteiger partial charge < -0.3 is 9.52 Å². The van der Waals surface area contributed by atoms with Crippen molar-refractivity contribution in [2.45, 2.75) is 6.92 Å². The van der Waals surface area contributed by atoms with Gasteiger partial charge in [-0.3, -0.25) is 0 Å². The third kappa shape index (κ3) is 2.81. The minimum Gasteiger partial charge on any atom is -0.478 e. The maximum absolute atomic E-state index is 10.2. The molecule has 1 heterocycles. The van der Waals surface area contributed by atoms with Crippen molar-refractivity contribution < 1.29 is 14.3 Å². The average molecular weight is 229 g/mol. The molecule has 0 saturated carbocycles. The number of hydrogen-bond acceptors (Lipinski definition) is 3. The van der Waals surface area contributed by atoms with Crippen molar-refractivity contribution in [2.75, 3.05) is 0 Å². The van der Waals surface area contributed by atoms with E-state index in [1.807, 2.05) is 18.2 Å². The van der Waals surface area contributed by atoms with Gasteiger partial charge in [0.05, 0.1) is 0 Å². The maximum Gasteiger partial charge on any atom is 0.328 e. The first-order valence-electron chi connectivity index (χ1n) is 5.10. The highest BCUT2D eigenvalue weighted by molar-refractivity contribution is 5.80. The van der Waals surface area contributed by atoms with Crippen LogP contribution in [0.15, 0.2) is 40.8 Å². The van der Waals surface area contributed by atoms with E-state index in [9.17, 15) is 4.79 Å². The second-order valence-electron chi connectivity index (χ2n) is 3.52. The summed E-state index contributed by atoms with van der Waals surface area (Å²) >= 11 is 0. The van der Waals surface area contributed by atoms with Gasteiger partial charge in [-0.1, -0.05) is 24.3 Å². The van der Waals surface area contributed by atoms with Gasteiger partial charge in [0.1, 0.15) is 5.52 Å². The molecule has 2 rings (SSSR count). The van der Waals surface area contributed by atoms with Gasteiger partial charge in [-0.15, -0.1) is 0 Å². The Hall–Kier alpha value is -2.36. The number of carboxylic acids is 1. The van der Waals surface area contributed by atoms with Crippen LogP contribution >= 0.6 is 0 Å². The Bertz CT molecular complexity index is 608. The molecule has 0 aliphatic heterocycles. The van der Waals surface area contributed by atoms with Gasteiger partial charge in [-0.25, -0.2) is 9.78 Å². The van der Waals surface area contributed by atoms with Gasteiger partial charge in [0.25, 0.3) is 0 Å². The Morgan fingerprint density at radius 3 is 3.00 bits per heavy atom. The molecule has 0 unspecified atom stereocenters. The van der Waals surface area contributed by atoms with E-state index in [4.69, 9.17) is 9.52 Å². The fourth-order valence-corrected chi connectivity index (χ4v) is 1.46. The first kappa shape index (κ1) is 11.1. The molecule has 86 valence electrons. The lowest BCUT2D eigenvalue weighted by atomic mass is 10.2. The predicted octanol–water partition coefficient (Wildman–Crippen LogP) is 2.79. The Morgan fingerprint density at radius 1 is 1.41 bits per heavy atom. The zero-order valence-corrected chi connectivity index (χ0v) is 9.25. The molecule has 0 fully saturated rings. The third-order valence-electron chi connectivity index (χ3n) is 2.16. The van der Waals surface area contributed by atoms with Crippen LogP contribution < -0.4 is 0 Å². The van der Waals surface area contributed by atoms with Gasteiger partial charge in [-0.2, -0.15) is 0 Å². The van der Waals surface area contributed by atoms with Gasteiger partial charge >= 0.3 is 5.97 Å². The highest BCUT2D eigenvalue weighted by Gasteiger charge is 2.00. The Morgan fingerprint density at radius 2 is 2.24 bits per heavy atom. The number of aliphatic carboxylic acids is 1. The predicted molar refractivity (Wildman–Crippen MR) is 64.6 cm³/mol. The van der Waals surface area contributed by atoms with Crippen LogP contribution in [0.5, 0.6) is 0 Å². The SMILES string of the molecule is Cc1nc2ccc(/C=C/C=C/C(=O)O)cc2o1. The molecule has 2 aromatic rings. The number of fused-ring (bicyclic) bond motifs is 1. The quantitative estimate of drug-likeness (QED) is 0.649. The fourth-order valence-electron chi connectivity index (χ4n) is 1.46. The van der Waals surface area contributed by atoms with Crippen LogP contribution in [0.25, 0.3) is 17.2 Å². The van der Waals surface area contributed by atoms with Crippen LogP contribution in [0.3, 0.4) is 0 Å². The summed E-state index contributed by atoms with van der Waals surface area (Å²) in [6.07, 6.45) is 6.01. The van der Waals surface area contributed by atoms with Gasteiger partial charge in [0.15, 0.2) is 11.5 Å². The number of rotatable bonds is 3. The van der Waals surface area contributed by atoms with Crippen LogP contribution in [0.4, 0.5) is 0 Å². The Labute approximate surface area is 97.9 Å². The van der Waals surface area contributed by atoms with Crippen molar-refractivity contribution in [3.05, 3.63) is 47.9 Å². The number of oxazole rings is 1. The van der Waals surface area contributed by atoms with Crippen molar-refractivity contribution in [1.29, 1.82) is 0 Å². The van der Waals surface area contributed by atoms with E-state index in [1.165, 1.54) is 6.08 Å². The van der Waals surface area contributed by atoms with E-state index in [1.54, 1.807) is 19.1 Å². The van der Waals surface area contributed by atoms with Crippen LogP contribution in [-0.4, -0.2) is 16.1 Å². The molecule has 4 nitrogen and oxygen atoms in total. The van der Waals surface area contributed by atoms with Crippen LogP contribution in [0.2, 0.25) is 0 Å². The minimum absolute atomic E-state index is 0.631. The van der Waals surface area contributed by atoms with Crippen molar-refractivity contribution >= 4 is 23.1 Å². The molecule has 0 bridgehead atoms. The monoisotopic (exact) mass is 229 g/mol. The van der Waals surface area contributed by atoms with Crippen molar-refractivity contribution in [3.8, 4) is 0 Å². The maximum atomic E-state index is 10.2. The molecule has 4 heteroatoms. The second kappa shape index (κ2) is 4.65. The van der Waals surface area contributed by atoms with E-state index in [2.05, 4.69) is 4.98 Å². The Kier molecular flexibility index (Phi) is 3.05. The number of carboxylic acid groups (broad SMARTS) is 1. The number of allylic oxidation sites excluding steroid dienone is 2. The molecule has 17 heavy (non-hydrogen) atoms. The van der Waals surface area contributed by atoms with E-state index in [0.29, 0.717) is 5.89 Å². The summed E-state index contributed by atoms with van der Waals surface area (Å²) < 4.78 is 5.40. The van der Waals surface area contributed by atoms with E-state index in [0.717, 1.165) is 22.7 Å². The van der Waals surface area contributed by atoms with Crippen LogP contribution in [0, 0.1) is 6.92 Å². The molecule has 1 aromatic carbocycles. The number of aryl methyl sites for hydroxylation is 1. The standard InChI is InChI=1S/C13H11NO3/c1-9-14-11-7-6-10(8-12(11)17-9)4-2-3-5-13(15)16/h2-8H,1H3,(H,15,16)/b4-2+,5-3+. The molecular formula is C13H11NO3. The number of carbonyl (C=O) groups is 1.